The lowest BCUT2D eigenvalue weighted by Gasteiger charge is -2.23. The molecule has 1 fully saturated rings. The molecule has 2 aromatic rings. The molecular weight excluding hydrogens is 422 g/mol. The van der Waals surface area contributed by atoms with Crippen LogP contribution in [0.1, 0.15) is 15.9 Å². The highest BCUT2D eigenvalue weighted by molar-refractivity contribution is 6.35. The number of rotatable bonds is 7. The van der Waals surface area contributed by atoms with E-state index in [0.29, 0.717) is 36.7 Å². The van der Waals surface area contributed by atoms with Gasteiger partial charge >= 0.3 is 11.8 Å². The minimum absolute atomic E-state index is 0.0179. The lowest BCUT2D eigenvalue weighted by Crippen LogP contribution is -2.47. The van der Waals surface area contributed by atoms with E-state index in [1.54, 1.807) is 31.4 Å². The normalized spacial score (nSPS) is 15.4. The average Bonchev–Trinajstić information content (AvgIpc) is 3.26. The van der Waals surface area contributed by atoms with Crippen molar-refractivity contribution in [2.24, 2.45) is 0 Å². The van der Waals surface area contributed by atoms with Gasteiger partial charge in [0.05, 0.1) is 20.3 Å². The molecule has 1 saturated heterocycles. The summed E-state index contributed by atoms with van der Waals surface area (Å²) < 4.78 is 10.6. The number of nitrogens with zero attached hydrogens (tertiary/aromatic N) is 1. The molecular formula is C22H24ClN3O5. The van der Waals surface area contributed by atoms with Crippen molar-refractivity contribution >= 4 is 29.3 Å². The zero-order valence-electron chi connectivity index (χ0n) is 17.1. The molecule has 0 saturated carbocycles. The summed E-state index contributed by atoms with van der Waals surface area (Å²) in [6.07, 6.45) is -0.0581. The summed E-state index contributed by atoms with van der Waals surface area (Å²) in [6, 6.07) is 14.0. The van der Waals surface area contributed by atoms with E-state index in [1.807, 2.05) is 24.3 Å². The monoisotopic (exact) mass is 445 g/mol. The molecule has 1 aliphatic rings. The second-order valence-corrected chi connectivity index (χ2v) is 7.33. The van der Waals surface area contributed by atoms with E-state index in [2.05, 4.69) is 10.6 Å². The van der Waals surface area contributed by atoms with Crippen LogP contribution >= 0.6 is 11.6 Å². The standard InChI is InChI=1S/C22H24ClN3O5/c1-30-18-8-2-15(3-9-18)10-11-24-20(27)21(28)25-14-19-26(12-13-31-19)22(29)16-4-6-17(23)7-5-16/h2-9,19H,10-14H2,1H3,(H,24,27)(H,25,28)/t19-/m0/s1. The largest absolute Gasteiger partial charge is 0.497 e. The molecule has 0 radical (unpaired) electrons. The maximum atomic E-state index is 12.7. The summed E-state index contributed by atoms with van der Waals surface area (Å²) >= 11 is 5.86. The number of benzene rings is 2. The van der Waals surface area contributed by atoms with Gasteiger partial charge in [0.25, 0.3) is 5.91 Å². The van der Waals surface area contributed by atoms with Crippen LogP contribution in [-0.4, -0.2) is 62.2 Å². The summed E-state index contributed by atoms with van der Waals surface area (Å²) in [5.74, 6) is -0.978. The van der Waals surface area contributed by atoms with Crippen LogP contribution in [0.4, 0.5) is 0 Å². The number of ether oxygens (including phenoxy) is 2. The number of hydrogen-bond donors (Lipinski definition) is 2. The second-order valence-electron chi connectivity index (χ2n) is 6.89. The fourth-order valence-corrected chi connectivity index (χ4v) is 3.26. The first kappa shape index (κ1) is 22.6. The SMILES string of the molecule is COc1ccc(CCNC(=O)C(=O)NC[C@@H]2OCCN2C(=O)c2ccc(Cl)cc2)cc1. The van der Waals surface area contributed by atoms with Crippen molar-refractivity contribution in [1.82, 2.24) is 15.5 Å². The predicted octanol–water partition coefficient (Wildman–Crippen LogP) is 1.62. The zero-order chi connectivity index (χ0) is 22.2. The van der Waals surface area contributed by atoms with Gasteiger partial charge in [0.1, 0.15) is 12.0 Å². The van der Waals surface area contributed by atoms with Gasteiger partial charge in [-0.25, -0.2) is 0 Å². The first-order valence-corrected chi connectivity index (χ1v) is 10.2. The Morgan fingerprint density at radius 3 is 2.42 bits per heavy atom. The molecule has 3 rings (SSSR count). The lowest BCUT2D eigenvalue weighted by molar-refractivity contribution is -0.139. The third-order valence-corrected chi connectivity index (χ3v) is 5.10. The van der Waals surface area contributed by atoms with E-state index in [0.717, 1.165) is 11.3 Å². The van der Waals surface area contributed by atoms with E-state index in [1.165, 1.54) is 4.90 Å². The molecule has 0 unspecified atom stereocenters. The number of carbonyl (C=O) groups is 3. The van der Waals surface area contributed by atoms with E-state index >= 15 is 0 Å². The summed E-state index contributed by atoms with van der Waals surface area (Å²) in [5.41, 5.74) is 1.49. The van der Waals surface area contributed by atoms with Crippen molar-refractivity contribution in [2.45, 2.75) is 12.6 Å². The maximum Gasteiger partial charge on any atom is 0.309 e. The minimum Gasteiger partial charge on any atom is -0.497 e. The molecule has 164 valence electrons. The highest BCUT2D eigenvalue weighted by Gasteiger charge is 2.31. The summed E-state index contributed by atoms with van der Waals surface area (Å²) in [7, 11) is 1.59. The van der Waals surface area contributed by atoms with Crippen LogP contribution < -0.4 is 15.4 Å². The van der Waals surface area contributed by atoms with Crippen molar-refractivity contribution in [3.8, 4) is 5.75 Å². The summed E-state index contributed by atoms with van der Waals surface area (Å²) in [4.78, 5) is 38.3. The van der Waals surface area contributed by atoms with Gasteiger partial charge in [-0.05, 0) is 48.4 Å². The van der Waals surface area contributed by atoms with Gasteiger partial charge in [-0.2, -0.15) is 0 Å². The van der Waals surface area contributed by atoms with E-state index in [9.17, 15) is 14.4 Å². The average molecular weight is 446 g/mol. The molecule has 0 aliphatic carbocycles. The van der Waals surface area contributed by atoms with Crippen molar-refractivity contribution in [3.63, 3.8) is 0 Å². The number of hydrogen-bond acceptors (Lipinski definition) is 5. The van der Waals surface area contributed by atoms with Gasteiger partial charge < -0.3 is 25.0 Å². The third kappa shape index (κ3) is 6.19. The number of amides is 3. The Kier molecular flexibility index (Phi) is 7.86. The molecule has 2 aromatic carbocycles. The predicted molar refractivity (Wildman–Crippen MR) is 115 cm³/mol. The molecule has 1 heterocycles. The van der Waals surface area contributed by atoms with Gasteiger partial charge in [0, 0.05) is 23.7 Å². The van der Waals surface area contributed by atoms with Gasteiger partial charge in [0.2, 0.25) is 0 Å². The van der Waals surface area contributed by atoms with Crippen LogP contribution in [0.2, 0.25) is 5.02 Å². The topological polar surface area (TPSA) is 97.0 Å². The Morgan fingerprint density at radius 2 is 1.74 bits per heavy atom. The fraction of sp³-hybridized carbons (Fsp3) is 0.318. The molecule has 1 aliphatic heterocycles. The quantitative estimate of drug-likeness (QED) is 0.631. The van der Waals surface area contributed by atoms with Crippen LogP contribution in [0.3, 0.4) is 0 Å². The van der Waals surface area contributed by atoms with Gasteiger partial charge in [0.15, 0.2) is 0 Å². The molecule has 31 heavy (non-hydrogen) atoms. The molecule has 0 aromatic heterocycles. The molecule has 9 heteroatoms. The van der Waals surface area contributed by atoms with Crippen LogP contribution in [0.25, 0.3) is 0 Å². The van der Waals surface area contributed by atoms with Crippen LogP contribution in [0.5, 0.6) is 5.75 Å². The summed E-state index contributed by atoms with van der Waals surface area (Å²) in [6.45, 7) is 1.09. The molecule has 0 bridgehead atoms. The molecule has 8 nitrogen and oxygen atoms in total. The lowest BCUT2D eigenvalue weighted by atomic mass is 10.1. The number of halogens is 1. The van der Waals surface area contributed by atoms with Crippen molar-refractivity contribution in [2.75, 3.05) is 33.4 Å². The number of nitrogens with one attached hydrogen (secondary N) is 2. The Bertz CT molecular complexity index is 918. The van der Waals surface area contributed by atoms with Crippen LogP contribution in [0.15, 0.2) is 48.5 Å². The van der Waals surface area contributed by atoms with Crippen LogP contribution in [-0.2, 0) is 20.7 Å². The highest BCUT2D eigenvalue weighted by Crippen LogP contribution is 2.16. The first-order valence-electron chi connectivity index (χ1n) is 9.85. The van der Waals surface area contributed by atoms with Crippen molar-refractivity contribution in [3.05, 3.63) is 64.7 Å². The molecule has 0 spiro atoms. The Balaban J connectivity index is 1.43. The number of carbonyl (C=O) groups excluding carboxylic acids is 3. The Hall–Kier alpha value is -3.10. The minimum atomic E-state index is -0.774. The zero-order valence-corrected chi connectivity index (χ0v) is 17.9. The smallest absolute Gasteiger partial charge is 0.309 e. The Labute approximate surface area is 185 Å². The molecule has 2 N–H and O–H groups in total. The van der Waals surface area contributed by atoms with Crippen molar-refractivity contribution < 1.29 is 23.9 Å². The highest BCUT2D eigenvalue weighted by atomic mass is 35.5. The van der Waals surface area contributed by atoms with Crippen LogP contribution in [0, 0.1) is 0 Å². The third-order valence-electron chi connectivity index (χ3n) is 4.84. The van der Waals surface area contributed by atoms with Gasteiger partial charge in [-0.1, -0.05) is 23.7 Å². The first-order chi connectivity index (χ1) is 15.0. The molecule has 3 amide bonds. The van der Waals surface area contributed by atoms with Gasteiger partial charge in [-0.3, -0.25) is 14.4 Å². The molecule has 1 atom stereocenters. The van der Waals surface area contributed by atoms with E-state index in [4.69, 9.17) is 21.1 Å². The second kappa shape index (κ2) is 10.8. The van der Waals surface area contributed by atoms with E-state index in [-0.39, 0.29) is 12.5 Å². The van der Waals surface area contributed by atoms with Crippen molar-refractivity contribution in [1.29, 1.82) is 0 Å². The fourth-order valence-electron chi connectivity index (χ4n) is 3.13. The van der Waals surface area contributed by atoms with Gasteiger partial charge in [-0.15, -0.1) is 0 Å². The summed E-state index contributed by atoms with van der Waals surface area (Å²) in [5, 5.41) is 5.65. The Morgan fingerprint density at radius 1 is 1.06 bits per heavy atom. The maximum absolute atomic E-state index is 12.7. The number of methoxy groups -OCH3 is 1. The van der Waals surface area contributed by atoms with E-state index < -0.39 is 18.0 Å².